The van der Waals surface area contributed by atoms with Crippen molar-refractivity contribution in [3.63, 3.8) is 0 Å². The number of hydrogen-bond acceptors (Lipinski definition) is 2. The highest BCUT2D eigenvalue weighted by Gasteiger charge is 2.18. The average molecular weight is 753 g/mol. The van der Waals surface area contributed by atoms with Crippen molar-refractivity contribution in [2.45, 2.75) is 13.8 Å². The van der Waals surface area contributed by atoms with Crippen molar-refractivity contribution < 1.29 is 8.78 Å². The fourth-order valence-corrected chi connectivity index (χ4v) is 7.77. The smallest absolute Gasteiger partial charge is 0.138 e. The van der Waals surface area contributed by atoms with Crippen LogP contribution >= 0.6 is 0 Å². The average Bonchev–Trinajstić information content (AvgIpc) is 3.28. The van der Waals surface area contributed by atoms with Gasteiger partial charge in [0.25, 0.3) is 0 Å². The van der Waals surface area contributed by atoms with Gasteiger partial charge in [-0.25, -0.2) is 8.78 Å². The van der Waals surface area contributed by atoms with Crippen LogP contribution in [0, 0.1) is 25.5 Å². The lowest BCUT2D eigenvalue weighted by Gasteiger charge is -2.18. The molecule has 0 amide bonds. The van der Waals surface area contributed by atoms with Crippen molar-refractivity contribution >= 4 is 0 Å². The summed E-state index contributed by atoms with van der Waals surface area (Å²) in [6, 6.07) is 61.8. The van der Waals surface area contributed by atoms with Crippen LogP contribution in [0.25, 0.3) is 89.3 Å². The molecule has 0 bridgehead atoms. The first-order valence-corrected chi connectivity index (χ1v) is 19.3. The van der Waals surface area contributed by atoms with Crippen LogP contribution < -0.4 is 0 Å². The third kappa shape index (κ3) is 7.13. The quantitative estimate of drug-likeness (QED) is 0.154. The summed E-state index contributed by atoms with van der Waals surface area (Å²) >= 11 is 0. The van der Waals surface area contributed by atoms with E-state index in [0.717, 1.165) is 72.5 Å². The second kappa shape index (κ2) is 15.7. The number of halogens is 2. The Kier molecular flexibility index (Phi) is 9.83. The van der Waals surface area contributed by atoms with E-state index >= 15 is 0 Å². The van der Waals surface area contributed by atoms with Gasteiger partial charge in [0.15, 0.2) is 0 Å². The molecule has 9 aromatic rings. The summed E-state index contributed by atoms with van der Waals surface area (Å²) in [6.07, 6.45) is 3.78. The molecule has 0 fully saturated rings. The molecule has 0 N–H and O–H groups in total. The van der Waals surface area contributed by atoms with Crippen molar-refractivity contribution in [3.05, 3.63) is 217 Å². The molecule has 2 heterocycles. The Morgan fingerprint density at radius 2 is 0.845 bits per heavy atom. The lowest BCUT2D eigenvalue weighted by Crippen LogP contribution is -1.95. The first-order chi connectivity index (χ1) is 28.4. The summed E-state index contributed by atoms with van der Waals surface area (Å²) in [4.78, 5) is 9.66. The van der Waals surface area contributed by atoms with E-state index < -0.39 is 11.6 Å². The molecule has 2 nitrogen and oxygen atoms in total. The topological polar surface area (TPSA) is 25.8 Å². The van der Waals surface area contributed by atoms with Gasteiger partial charge in [-0.1, -0.05) is 152 Å². The summed E-state index contributed by atoms with van der Waals surface area (Å²) in [7, 11) is 0. The van der Waals surface area contributed by atoms with E-state index in [0.29, 0.717) is 5.69 Å². The van der Waals surface area contributed by atoms with Gasteiger partial charge in [0.2, 0.25) is 0 Å². The van der Waals surface area contributed by atoms with Gasteiger partial charge in [-0.3, -0.25) is 9.97 Å². The van der Waals surface area contributed by atoms with Crippen LogP contribution in [0.5, 0.6) is 0 Å². The van der Waals surface area contributed by atoms with E-state index in [2.05, 4.69) is 133 Å². The van der Waals surface area contributed by atoms with E-state index in [-0.39, 0.29) is 11.1 Å². The summed E-state index contributed by atoms with van der Waals surface area (Å²) in [6.45, 7) is 3.57. The van der Waals surface area contributed by atoms with Gasteiger partial charge in [0, 0.05) is 40.2 Å². The fourth-order valence-electron chi connectivity index (χ4n) is 7.77. The molecule has 4 heteroatoms. The highest BCUT2D eigenvalue weighted by Crippen LogP contribution is 2.42. The van der Waals surface area contributed by atoms with E-state index in [1.165, 1.54) is 30.2 Å². The monoisotopic (exact) mass is 752 g/mol. The Balaban J connectivity index is 1.13. The maximum atomic E-state index is 15.0. The van der Waals surface area contributed by atoms with Gasteiger partial charge in [-0.05, 0) is 105 Å². The van der Waals surface area contributed by atoms with Crippen LogP contribution in [-0.2, 0) is 0 Å². The molecular formula is C54H38F2N2. The Morgan fingerprint density at radius 3 is 1.48 bits per heavy atom. The van der Waals surface area contributed by atoms with Gasteiger partial charge in [-0.15, -0.1) is 0 Å². The molecule has 0 aliphatic heterocycles. The van der Waals surface area contributed by atoms with Gasteiger partial charge < -0.3 is 0 Å². The predicted molar refractivity (Wildman–Crippen MR) is 235 cm³/mol. The Bertz CT molecular complexity index is 2900. The molecular weight excluding hydrogens is 715 g/mol. The zero-order chi connectivity index (χ0) is 39.6. The molecule has 0 aliphatic rings. The zero-order valence-corrected chi connectivity index (χ0v) is 32.1. The second-order valence-electron chi connectivity index (χ2n) is 14.6. The summed E-state index contributed by atoms with van der Waals surface area (Å²) in [5, 5.41) is 0. The standard InChI is InChI=1S/C54H38F2N2/c1-35-29-42(45-18-10-9-17-44(45)41-25-28-52(57-33-41)48-26-27-51(55)36(2)54(48)56)31-43(30-35)46-19-11-12-20-47(46)50-34-58-53(40-15-7-4-8-16-40)32-49(50)39-23-21-38(22-24-39)37-13-5-3-6-14-37/h3-34H,1-2H3. The summed E-state index contributed by atoms with van der Waals surface area (Å²) in [5.41, 5.74) is 16.7. The van der Waals surface area contributed by atoms with Crippen molar-refractivity contribution in [3.8, 4) is 89.3 Å². The largest absolute Gasteiger partial charge is 0.256 e. The maximum absolute atomic E-state index is 15.0. The minimum Gasteiger partial charge on any atom is -0.256 e. The summed E-state index contributed by atoms with van der Waals surface area (Å²) in [5.74, 6) is -1.16. The number of benzene rings is 7. The van der Waals surface area contributed by atoms with E-state index in [9.17, 15) is 8.78 Å². The van der Waals surface area contributed by atoms with Crippen LogP contribution in [0.1, 0.15) is 11.1 Å². The third-order valence-electron chi connectivity index (χ3n) is 10.8. The number of hydrogen-bond donors (Lipinski definition) is 0. The third-order valence-corrected chi connectivity index (χ3v) is 10.8. The normalized spacial score (nSPS) is 11.1. The molecule has 0 spiro atoms. The first kappa shape index (κ1) is 36.3. The van der Waals surface area contributed by atoms with Gasteiger partial charge in [0.05, 0.1) is 11.4 Å². The summed E-state index contributed by atoms with van der Waals surface area (Å²) < 4.78 is 29.0. The molecule has 9 rings (SSSR count). The SMILES string of the molecule is Cc1cc(-c2ccccc2-c2ccc(-c3ccc(F)c(C)c3F)nc2)cc(-c2ccccc2-c2cnc(-c3ccccc3)cc2-c2ccc(-c3ccccc3)cc2)c1. The Hall–Kier alpha value is -7.30. The molecule has 0 radical (unpaired) electrons. The van der Waals surface area contributed by atoms with Crippen molar-refractivity contribution in [1.29, 1.82) is 0 Å². The molecule has 0 aliphatic carbocycles. The molecule has 278 valence electrons. The van der Waals surface area contributed by atoms with Crippen molar-refractivity contribution in [2.24, 2.45) is 0 Å². The maximum Gasteiger partial charge on any atom is 0.138 e. The van der Waals surface area contributed by atoms with Crippen molar-refractivity contribution in [1.82, 2.24) is 9.97 Å². The highest BCUT2D eigenvalue weighted by atomic mass is 19.1. The number of aryl methyl sites for hydroxylation is 1. The molecule has 0 saturated heterocycles. The Labute approximate surface area is 337 Å². The highest BCUT2D eigenvalue weighted by molar-refractivity contribution is 5.94. The predicted octanol–water partition coefficient (Wildman–Crippen LogP) is 14.7. The minimum absolute atomic E-state index is 0.0141. The van der Waals surface area contributed by atoms with Crippen LogP contribution in [0.15, 0.2) is 194 Å². The minimum atomic E-state index is -0.593. The van der Waals surface area contributed by atoms with Gasteiger partial charge >= 0.3 is 0 Å². The first-order valence-electron chi connectivity index (χ1n) is 19.3. The zero-order valence-electron chi connectivity index (χ0n) is 32.1. The Morgan fingerprint density at radius 1 is 0.328 bits per heavy atom. The van der Waals surface area contributed by atoms with E-state index in [4.69, 9.17) is 4.98 Å². The van der Waals surface area contributed by atoms with Crippen molar-refractivity contribution in [2.75, 3.05) is 0 Å². The molecule has 0 atom stereocenters. The van der Waals surface area contributed by atoms with Crippen LogP contribution in [0.2, 0.25) is 0 Å². The second-order valence-corrected chi connectivity index (χ2v) is 14.6. The fraction of sp³-hybridized carbons (Fsp3) is 0.0370. The number of aromatic nitrogens is 2. The lowest BCUT2D eigenvalue weighted by atomic mass is 9.87. The molecule has 0 unspecified atom stereocenters. The van der Waals surface area contributed by atoms with E-state index in [1.807, 2.05) is 48.7 Å². The number of nitrogens with zero attached hydrogens (tertiary/aromatic N) is 2. The molecule has 58 heavy (non-hydrogen) atoms. The van der Waals surface area contributed by atoms with Crippen LogP contribution in [0.3, 0.4) is 0 Å². The van der Waals surface area contributed by atoms with Crippen LogP contribution in [0.4, 0.5) is 8.78 Å². The van der Waals surface area contributed by atoms with Gasteiger partial charge in [-0.2, -0.15) is 0 Å². The lowest BCUT2D eigenvalue weighted by molar-refractivity contribution is 0.570. The van der Waals surface area contributed by atoms with Gasteiger partial charge in [0.1, 0.15) is 11.6 Å². The molecule has 7 aromatic carbocycles. The number of rotatable bonds is 8. The number of pyridine rings is 2. The van der Waals surface area contributed by atoms with Crippen LogP contribution in [-0.4, -0.2) is 9.97 Å². The van der Waals surface area contributed by atoms with E-state index in [1.54, 1.807) is 12.3 Å². The molecule has 2 aromatic heterocycles. The molecule has 0 saturated carbocycles.